The smallest absolute Gasteiger partial charge is 0.337 e. The molecule has 1 aliphatic rings. The fourth-order valence-electron chi connectivity index (χ4n) is 3.27. The first-order chi connectivity index (χ1) is 16.0. The molecule has 2 aromatic carbocycles. The number of aromatic nitrogens is 2. The Bertz CT molecular complexity index is 1160. The summed E-state index contributed by atoms with van der Waals surface area (Å²) in [6, 6.07) is 13.5. The summed E-state index contributed by atoms with van der Waals surface area (Å²) in [4.78, 5) is 38.7. The average Bonchev–Trinajstić information content (AvgIpc) is 3.28. The first-order valence-corrected chi connectivity index (χ1v) is 11.0. The molecule has 0 atom stereocenters. The number of anilines is 2. The Labute approximate surface area is 193 Å². The molecule has 1 saturated heterocycles. The van der Waals surface area contributed by atoms with Gasteiger partial charge >= 0.3 is 5.97 Å². The fourth-order valence-corrected chi connectivity index (χ4v) is 4.01. The second-order valence-corrected chi connectivity index (χ2v) is 8.21. The molecule has 170 valence electrons. The number of rotatable bonds is 7. The van der Waals surface area contributed by atoms with Crippen molar-refractivity contribution in [3.05, 3.63) is 59.7 Å². The number of benzene rings is 2. The minimum absolute atomic E-state index is 0.0515. The van der Waals surface area contributed by atoms with Crippen LogP contribution < -0.4 is 10.6 Å². The van der Waals surface area contributed by atoms with E-state index in [0.717, 1.165) is 5.56 Å². The fraction of sp³-hybridized carbons (Fsp3) is 0.227. The zero-order valence-electron chi connectivity index (χ0n) is 17.5. The average molecular weight is 468 g/mol. The number of nitrogens with zero attached hydrogens (tertiary/aromatic N) is 3. The van der Waals surface area contributed by atoms with Crippen LogP contribution in [0, 0.1) is 0 Å². The van der Waals surface area contributed by atoms with Gasteiger partial charge in [-0.05, 0) is 18.2 Å². The van der Waals surface area contributed by atoms with Crippen LogP contribution in [0.25, 0.3) is 10.6 Å². The zero-order valence-corrected chi connectivity index (χ0v) is 18.3. The highest BCUT2D eigenvalue weighted by atomic mass is 32.1. The maximum Gasteiger partial charge on any atom is 0.337 e. The Hall–Kier alpha value is -3.67. The van der Waals surface area contributed by atoms with Crippen LogP contribution in [0.3, 0.4) is 0 Å². The normalized spacial score (nSPS) is 13.9. The molecule has 0 bridgehead atoms. The van der Waals surface area contributed by atoms with Gasteiger partial charge in [-0.15, -0.1) is 10.2 Å². The van der Waals surface area contributed by atoms with Crippen molar-refractivity contribution in [2.24, 2.45) is 0 Å². The minimum atomic E-state index is -1.21. The molecule has 11 heteroatoms. The van der Waals surface area contributed by atoms with Gasteiger partial charge in [0.1, 0.15) is 5.01 Å². The highest BCUT2D eigenvalue weighted by Crippen LogP contribution is 2.26. The van der Waals surface area contributed by atoms with Crippen LogP contribution in [0.1, 0.15) is 20.7 Å². The molecular formula is C22H21N5O5S. The summed E-state index contributed by atoms with van der Waals surface area (Å²) in [6.07, 6.45) is 0. The van der Waals surface area contributed by atoms with E-state index in [1.165, 1.54) is 29.5 Å². The Morgan fingerprint density at radius 2 is 1.79 bits per heavy atom. The zero-order chi connectivity index (χ0) is 23.2. The van der Waals surface area contributed by atoms with Crippen molar-refractivity contribution in [1.82, 2.24) is 15.1 Å². The summed E-state index contributed by atoms with van der Waals surface area (Å²) in [5.74, 6) is -2.07. The number of carbonyl (C=O) groups excluding carboxylic acids is 2. The third-order valence-electron chi connectivity index (χ3n) is 4.92. The molecule has 3 N–H and O–H groups in total. The van der Waals surface area contributed by atoms with Crippen LogP contribution in [-0.2, 0) is 9.53 Å². The maximum absolute atomic E-state index is 12.7. The number of morpholine rings is 1. The monoisotopic (exact) mass is 467 g/mol. The molecule has 1 aromatic heterocycles. The number of carbonyl (C=O) groups is 3. The second-order valence-electron chi connectivity index (χ2n) is 7.23. The summed E-state index contributed by atoms with van der Waals surface area (Å²) in [5, 5.41) is 23.8. The van der Waals surface area contributed by atoms with Crippen LogP contribution in [-0.4, -0.2) is 70.8 Å². The van der Waals surface area contributed by atoms with Crippen LogP contribution in [0.5, 0.6) is 0 Å². The summed E-state index contributed by atoms with van der Waals surface area (Å²) < 4.78 is 5.26. The lowest BCUT2D eigenvalue weighted by Crippen LogP contribution is -2.41. The third kappa shape index (κ3) is 5.77. The molecule has 2 heterocycles. The number of hydrogen-bond acceptors (Lipinski definition) is 8. The van der Waals surface area contributed by atoms with Gasteiger partial charge in [0.15, 0.2) is 0 Å². The van der Waals surface area contributed by atoms with Crippen LogP contribution in [0.2, 0.25) is 0 Å². The Balaban J connectivity index is 1.47. The lowest BCUT2D eigenvalue weighted by Gasteiger charge is -2.25. The van der Waals surface area contributed by atoms with E-state index < -0.39 is 11.9 Å². The van der Waals surface area contributed by atoms with Gasteiger partial charge in [-0.25, -0.2) is 4.79 Å². The molecule has 0 radical (unpaired) electrons. The number of ether oxygens (including phenoxy) is 1. The predicted octanol–water partition coefficient (Wildman–Crippen LogP) is 2.43. The summed E-state index contributed by atoms with van der Waals surface area (Å²) in [5.41, 5.74) is 1.00. The first-order valence-electron chi connectivity index (χ1n) is 10.2. The third-order valence-corrected chi connectivity index (χ3v) is 5.81. The number of hydrogen-bond donors (Lipinski definition) is 3. The highest BCUT2D eigenvalue weighted by molar-refractivity contribution is 7.18. The quantitative estimate of drug-likeness (QED) is 0.482. The van der Waals surface area contributed by atoms with Crippen molar-refractivity contribution in [3.63, 3.8) is 0 Å². The SMILES string of the molecule is O=C(CN1CCOCC1)Nc1cc(C(=O)Nc2nnc(-c3ccccc3)s2)ccc1C(=O)O. The second kappa shape index (κ2) is 10.3. The van der Waals surface area contributed by atoms with E-state index in [-0.39, 0.29) is 29.3 Å². The molecule has 2 amide bonds. The Kier molecular flexibility index (Phi) is 7.03. The van der Waals surface area contributed by atoms with E-state index >= 15 is 0 Å². The van der Waals surface area contributed by atoms with Gasteiger partial charge in [0.05, 0.1) is 31.0 Å². The molecule has 33 heavy (non-hydrogen) atoms. The van der Waals surface area contributed by atoms with E-state index in [4.69, 9.17) is 4.74 Å². The van der Waals surface area contributed by atoms with E-state index in [2.05, 4.69) is 20.8 Å². The maximum atomic E-state index is 12.7. The van der Waals surface area contributed by atoms with Gasteiger partial charge in [-0.2, -0.15) is 0 Å². The largest absolute Gasteiger partial charge is 0.478 e. The summed E-state index contributed by atoms with van der Waals surface area (Å²) in [7, 11) is 0. The first kappa shape index (κ1) is 22.5. The molecule has 10 nitrogen and oxygen atoms in total. The molecule has 0 saturated carbocycles. The minimum Gasteiger partial charge on any atom is -0.478 e. The van der Waals surface area contributed by atoms with Crippen molar-refractivity contribution in [2.75, 3.05) is 43.5 Å². The number of aromatic carboxylic acids is 1. The van der Waals surface area contributed by atoms with Crippen LogP contribution in [0.15, 0.2) is 48.5 Å². The number of nitrogens with one attached hydrogen (secondary N) is 2. The van der Waals surface area contributed by atoms with Gasteiger partial charge in [-0.3, -0.25) is 19.8 Å². The van der Waals surface area contributed by atoms with Gasteiger partial charge in [0.25, 0.3) is 5.91 Å². The summed E-state index contributed by atoms with van der Waals surface area (Å²) >= 11 is 1.22. The van der Waals surface area contributed by atoms with E-state index in [0.29, 0.717) is 36.4 Å². The van der Waals surface area contributed by atoms with Gasteiger partial charge in [-0.1, -0.05) is 41.7 Å². The van der Waals surface area contributed by atoms with Crippen molar-refractivity contribution in [1.29, 1.82) is 0 Å². The number of carboxylic acids is 1. The molecule has 3 aromatic rings. The van der Waals surface area contributed by atoms with Gasteiger partial charge < -0.3 is 15.2 Å². The Morgan fingerprint density at radius 1 is 1.03 bits per heavy atom. The van der Waals surface area contributed by atoms with E-state index in [1.54, 1.807) is 0 Å². The van der Waals surface area contributed by atoms with E-state index in [9.17, 15) is 19.5 Å². The van der Waals surface area contributed by atoms with Gasteiger partial charge in [0.2, 0.25) is 11.0 Å². The standard InChI is InChI=1S/C22H21N5O5S/c28-18(13-27-8-10-32-11-9-27)23-17-12-15(6-7-16(17)21(30)31)19(29)24-22-26-25-20(33-22)14-4-2-1-3-5-14/h1-7,12H,8-11,13H2,(H,23,28)(H,30,31)(H,24,26,29). The molecule has 0 spiro atoms. The van der Waals surface area contributed by atoms with Gasteiger partial charge in [0, 0.05) is 24.2 Å². The number of amides is 2. The van der Waals surface area contributed by atoms with Crippen LogP contribution in [0.4, 0.5) is 10.8 Å². The van der Waals surface area contributed by atoms with Crippen molar-refractivity contribution >= 4 is 39.9 Å². The van der Waals surface area contributed by atoms with Crippen LogP contribution >= 0.6 is 11.3 Å². The molecule has 1 fully saturated rings. The molecule has 4 rings (SSSR count). The Morgan fingerprint density at radius 3 is 2.52 bits per heavy atom. The van der Waals surface area contributed by atoms with Crippen molar-refractivity contribution < 1.29 is 24.2 Å². The van der Waals surface area contributed by atoms with E-state index in [1.807, 2.05) is 35.2 Å². The lowest BCUT2D eigenvalue weighted by atomic mass is 10.1. The molecule has 0 aliphatic carbocycles. The number of carboxylic acid groups (broad SMARTS) is 1. The van der Waals surface area contributed by atoms with Crippen molar-refractivity contribution in [2.45, 2.75) is 0 Å². The predicted molar refractivity (Wildman–Crippen MR) is 123 cm³/mol. The molecular weight excluding hydrogens is 446 g/mol. The lowest BCUT2D eigenvalue weighted by molar-refractivity contribution is -0.118. The summed E-state index contributed by atoms with van der Waals surface area (Å²) in [6.45, 7) is 2.43. The molecule has 1 aliphatic heterocycles. The highest BCUT2D eigenvalue weighted by Gasteiger charge is 2.19. The molecule has 0 unspecified atom stereocenters. The topological polar surface area (TPSA) is 134 Å². The van der Waals surface area contributed by atoms with Crippen molar-refractivity contribution in [3.8, 4) is 10.6 Å².